The molecule has 8 nitrogen and oxygen atoms in total. The molecule has 1 unspecified atom stereocenters. The van der Waals surface area contributed by atoms with Gasteiger partial charge in [-0.05, 0) is 36.2 Å². The van der Waals surface area contributed by atoms with Crippen LogP contribution in [0.4, 0.5) is 4.39 Å². The van der Waals surface area contributed by atoms with Crippen molar-refractivity contribution in [2.45, 2.75) is 18.9 Å². The van der Waals surface area contributed by atoms with Crippen LogP contribution in [0.25, 0.3) is 0 Å². The summed E-state index contributed by atoms with van der Waals surface area (Å²) >= 11 is 0. The molecular formula is C23H28FN3O5S. The lowest BCUT2D eigenvalue weighted by Crippen LogP contribution is -2.41. The average molecular weight is 478 g/mol. The molecule has 2 aromatic rings. The molecule has 2 aromatic carbocycles. The fourth-order valence-electron chi connectivity index (χ4n) is 3.74. The number of ether oxygens (including phenoxy) is 1. The van der Waals surface area contributed by atoms with Crippen molar-refractivity contribution in [1.29, 1.82) is 0 Å². The van der Waals surface area contributed by atoms with E-state index in [4.69, 9.17) is 4.74 Å². The first-order chi connectivity index (χ1) is 15.7. The molecule has 10 heteroatoms. The normalized spacial score (nSPS) is 18.8. The number of amides is 2. The van der Waals surface area contributed by atoms with Crippen molar-refractivity contribution < 1.29 is 27.1 Å². The Bertz CT molecular complexity index is 1050. The van der Waals surface area contributed by atoms with Crippen LogP contribution in [-0.2, 0) is 19.6 Å². The summed E-state index contributed by atoms with van der Waals surface area (Å²) in [6.07, 6.45) is 1.51. The molecule has 2 amide bonds. The maximum absolute atomic E-state index is 13.0. The topological polar surface area (TPSA) is 96.0 Å². The molecule has 0 bridgehead atoms. The maximum atomic E-state index is 13.0. The number of nitrogens with one attached hydrogen (secondary N) is 1. The van der Waals surface area contributed by atoms with E-state index in [0.29, 0.717) is 18.7 Å². The molecule has 1 N–H and O–H groups in total. The number of rotatable bonds is 5. The van der Waals surface area contributed by atoms with Gasteiger partial charge in [0, 0.05) is 32.6 Å². The van der Waals surface area contributed by atoms with Crippen LogP contribution in [0.1, 0.15) is 24.4 Å². The van der Waals surface area contributed by atoms with Gasteiger partial charge >= 0.3 is 0 Å². The molecule has 1 atom stereocenters. The molecule has 3 rings (SSSR count). The van der Waals surface area contributed by atoms with Crippen LogP contribution in [0.3, 0.4) is 0 Å². The summed E-state index contributed by atoms with van der Waals surface area (Å²) in [6, 6.07) is 13.8. The lowest BCUT2D eigenvalue weighted by atomic mass is 10.0. The average Bonchev–Trinajstić information content (AvgIpc) is 2.82. The molecule has 1 aliphatic rings. The Morgan fingerprint density at radius 3 is 2.45 bits per heavy atom. The smallest absolute Gasteiger partial charge is 0.260 e. The first-order valence-corrected chi connectivity index (χ1v) is 12.5. The van der Waals surface area contributed by atoms with Crippen molar-refractivity contribution in [3.63, 3.8) is 0 Å². The van der Waals surface area contributed by atoms with Gasteiger partial charge in [-0.3, -0.25) is 9.59 Å². The molecule has 33 heavy (non-hydrogen) atoms. The lowest BCUT2D eigenvalue weighted by molar-refractivity contribution is -0.133. The highest BCUT2D eigenvalue weighted by molar-refractivity contribution is 7.88. The van der Waals surface area contributed by atoms with Crippen molar-refractivity contribution in [2.24, 2.45) is 0 Å². The van der Waals surface area contributed by atoms with Gasteiger partial charge in [0.1, 0.15) is 11.6 Å². The first-order valence-electron chi connectivity index (χ1n) is 10.7. The number of benzene rings is 2. The van der Waals surface area contributed by atoms with Crippen LogP contribution < -0.4 is 10.1 Å². The number of hydrogen-bond acceptors (Lipinski definition) is 5. The molecule has 1 aliphatic heterocycles. The number of carbonyl (C=O) groups is 2. The summed E-state index contributed by atoms with van der Waals surface area (Å²) < 4.78 is 45.0. The molecule has 178 valence electrons. The molecule has 1 saturated heterocycles. The van der Waals surface area contributed by atoms with E-state index in [-0.39, 0.29) is 44.5 Å². The number of halogens is 1. The van der Waals surface area contributed by atoms with E-state index in [1.54, 1.807) is 24.3 Å². The van der Waals surface area contributed by atoms with Crippen LogP contribution in [0, 0.1) is 5.82 Å². The highest BCUT2D eigenvalue weighted by Crippen LogP contribution is 2.27. The highest BCUT2D eigenvalue weighted by atomic mass is 32.2. The van der Waals surface area contributed by atoms with E-state index in [0.717, 1.165) is 11.8 Å². The lowest BCUT2D eigenvalue weighted by Gasteiger charge is -2.30. The van der Waals surface area contributed by atoms with Crippen LogP contribution in [0.2, 0.25) is 0 Å². The summed E-state index contributed by atoms with van der Waals surface area (Å²) in [5.74, 6) is -0.640. The summed E-state index contributed by atoms with van der Waals surface area (Å²) in [7, 11) is -3.62. The van der Waals surface area contributed by atoms with Gasteiger partial charge in [0.05, 0.1) is 12.3 Å². The Morgan fingerprint density at radius 2 is 1.79 bits per heavy atom. The summed E-state index contributed by atoms with van der Waals surface area (Å²) in [5, 5.41) is 2.78. The minimum absolute atomic E-state index is 0.0152. The Morgan fingerprint density at radius 1 is 1.09 bits per heavy atom. The second kappa shape index (κ2) is 11.2. The van der Waals surface area contributed by atoms with Crippen molar-refractivity contribution in [2.75, 3.05) is 39.0 Å². The Kier molecular flexibility index (Phi) is 8.40. The second-order valence-electron chi connectivity index (χ2n) is 7.83. The third-order valence-corrected chi connectivity index (χ3v) is 6.66. The quantitative estimate of drug-likeness (QED) is 0.710. The zero-order chi connectivity index (χ0) is 23.8. The van der Waals surface area contributed by atoms with Crippen molar-refractivity contribution in [1.82, 2.24) is 14.5 Å². The summed E-state index contributed by atoms with van der Waals surface area (Å²) in [6.45, 7) is 0.721. The molecule has 0 aliphatic carbocycles. The molecule has 0 aromatic heterocycles. The van der Waals surface area contributed by atoms with Crippen LogP contribution in [0.5, 0.6) is 5.75 Å². The standard InChI is InChI=1S/C23H28FN3O5S/c1-33(30,31)27-14-5-13-26(23(29)17-32-20-10-8-19(24)9-11-20)15-12-25-22(28)16-21(27)18-6-3-2-4-7-18/h2-4,6-11,21H,5,12-17H2,1H3,(H,25,28). The fourth-order valence-corrected chi connectivity index (χ4v) is 4.86. The zero-order valence-electron chi connectivity index (χ0n) is 18.4. The van der Waals surface area contributed by atoms with Gasteiger partial charge in [-0.15, -0.1) is 0 Å². The third kappa shape index (κ3) is 7.26. The molecule has 1 fully saturated rings. The van der Waals surface area contributed by atoms with Crippen LogP contribution >= 0.6 is 0 Å². The van der Waals surface area contributed by atoms with Gasteiger partial charge in [-0.25, -0.2) is 12.8 Å². The SMILES string of the molecule is CS(=O)(=O)N1CCCN(C(=O)COc2ccc(F)cc2)CCNC(=O)CC1c1ccccc1. The van der Waals surface area contributed by atoms with Crippen molar-refractivity contribution >= 4 is 21.8 Å². The second-order valence-corrected chi connectivity index (χ2v) is 9.77. The predicted octanol–water partition coefficient (Wildman–Crippen LogP) is 1.95. The van der Waals surface area contributed by atoms with Gasteiger partial charge < -0.3 is 15.0 Å². The van der Waals surface area contributed by atoms with Gasteiger partial charge in [0.25, 0.3) is 5.91 Å². The van der Waals surface area contributed by atoms with E-state index in [1.807, 2.05) is 6.07 Å². The van der Waals surface area contributed by atoms with E-state index >= 15 is 0 Å². The Labute approximate surface area is 193 Å². The minimum atomic E-state index is -3.62. The fraction of sp³-hybridized carbons (Fsp3) is 0.391. The largest absolute Gasteiger partial charge is 0.484 e. The molecular weight excluding hydrogens is 449 g/mol. The molecule has 1 heterocycles. The first kappa shape index (κ1) is 24.7. The third-order valence-electron chi connectivity index (χ3n) is 5.38. The highest BCUT2D eigenvalue weighted by Gasteiger charge is 2.30. The van der Waals surface area contributed by atoms with E-state index in [2.05, 4.69) is 5.32 Å². The van der Waals surface area contributed by atoms with E-state index < -0.39 is 21.9 Å². The van der Waals surface area contributed by atoms with Gasteiger partial charge in [0.15, 0.2) is 6.61 Å². The van der Waals surface area contributed by atoms with Gasteiger partial charge in [-0.1, -0.05) is 30.3 Å². The number of hydrogen-bond donors (Lipinski definition) is 1. The monoisotopic (exact) mass is 477 g/mol. The number of carbonyl (C=O) groups excluding carboxylic acids is 2. The van der Waals surface area contributed by atoms with E-state index in [9.17, 15) is 22.4 Å². The molecule has 0 saturated carbocycles. The minimum Gasteiger partial charge on any atom is -0.484 e. The number of sulfonamides is 1. The molecule has 0 radical (unpaired) electrons. The Hall–Kier alpha value is -2.98. The predicted molar refractivity (Wildman–Crippen MR) is 121 cm³/mol. The van der Waals surface area contributed by atoms with Crippen molar-refractivity contribution in [3.8, 4) is 5.75 Å². The number of nitrogens with zero attached hydrogens (tertiary/aromatic N) is 2. The van der Waals surface area contributed by atoms with Crippen LogP contribution in [0.15, 0.2) is 54.6 Å². The summed E-state index contributed by atoms with van der Waals surface area (Å²) in [4.78, 5) is 26.8. The van der Waals surface area contributed by atoms with Crippen LogP contribution in [-0.4, -0.2) is 68.5 Å². The maximum Gasteiger partial charge on any atom is 0.260 e. The summed E-state index contributed by atoms with van der Waals surface area (Å²) in [5.41, 5.74) is 0.734. The molecule has 0 spiro atoms. The Balaban J connectivity index is 1.72. The van der Waals surface area contributed by atoms with Crippen molar-refractivity contribution in [3.05, 3.63) is 66.0 Å². The van der Waals surface area contributed by atoms with E-state index in [1.165, 1.54) is 33.5 Å². The van der Waals surface area contributed by atoms with Gasteiger partial charge in [-0.2, -0.15) is 4.31 Å². The zero-order valence-corrected chi connectivity index (χ0v) is 19.3. The van der Waals surface area contributed by atoms with Gasteiger partial charge in [0.2, 0.25) is 15.9 Å².